The molecule has 8 aromatic rings. The maximum Gasteiger partial charge on any atom is 0.340 e. The Hall–Kier alpha value is -6.54. The molecule has 0 saturated heterocycles. The summed E-state index contributed by atoms with van der Waals surface area (Å²) in [6.45, 7) is 0. The fourth-order valence-corrected chi connectivity index (χ4v) is 5.34. The van der Waals surface area contributed by atoms with E-state index in [2.05, 4.69) is 48.5 Å². The third-order valence-electron chi connectivity index (χ3n) is 7.68. The second-order valence-corrected chi connectivity index (χ2v) is 10.7. The Kier molecular flexibility index (Phi) is 6.97. The number of rotatable bonds is 7. The molecule has 218 valence electrons. The summed E-state index contributed by atoms with van der Waals surface area (Å²) in [6, 6.07) is 56.8. The van der Waals surface area contributed by atoms with Crippen LogP contribution < -0.4 is 9.59 Å². The summed E-state index contributed by atoms with van der Waals surface area (Å²) in [7, 11) is 0. The Bertz CT molecular complexity index is 2050. The maximum absolute atomic E-state index is 4.88. The number of para-hydroxylation sites is 2. The number of aromatic nitrogens is 8. The van der Waals surface area contributed by atoms with E-state index in [-0.39, 0.29) is 0 Å². The van der Waals surface area contributed by atoms with E-state index in [1.165, 1.54) is 0 Å². The van der Waals surface area contributed by atoms with Gasteiger partial charge in [0, 0.05) is 9.59 Å². The minimum absolute atomic E-state index is 0.653. The Balaban J connectivity index is 1.12. The molecule has 8 rings (SSSR count). The molecular weight excluding hydrogens is 568 g/mol. The standard InChI is InChI=1S/C38H28N8/c1-5-13-31(14-6-1)37-39-43(33-17-9-3-10-18-33)45(41-37)35-25-21-29(22-26-35)30-23-27-36(28-24-30)46-42-38(32-15-7-2-8-16-32)40-44(46)34-19-11-4-12-20-34/h1-28H/q+2. The number of hydrogen-bond donors (Lipinski definition) is 0. The molecule has 0 N–H and O–H groups in total. The van der Waals surface area contributed by atoms with Gasteiger partial charge in [-0.2, -0.15) is 0 Å². The van der Waals surface area contributed by atoms with Crippen LogP contribution in [0, 0.1) is 0 Å². The monoisotopic (exact) mass is 596 g/mol. The molecule has 0 saturated carbocycles. The van der Waals surface area contributed by atoms with Gasteiger partial charge in [0.25, 0.3) is 0 Å². The van der Waals surface area contributed by atoms with E-state index in [0.29, 0.717) is 11.6 Å². The van der Waals surface area contributed by atoms with Crippen molar-refractivity contribution in [2.45, 2.75) is 0 Å². The molecule has 8 nitrogen and oxygen atoms in total. The molecule has 2 heterocycles. The van der Waals surface area contributed by atoms with Crippen molar-refractivity contribution >= 4 is 0 Å². The average Bonchev–Trinajstić information content (AvgIpc) is 3.80. The van der Waals surface area contributed by atoms with Crippen molar-refractivity contribution in [1.29, 1.82) is 0 Å². The highest BCUT2D eigenvalue weighted by Gasteiger charge is 2.25. The highest BCUT2D eigenvalue weighted by molar-refractivity contribution is 5.65. The first-order chi connectivity index (χ1) is 22.8. The topological polar surface area (TPSA) is 69.2 Å². The van der Waals surface area contributed by atoms with Gasteiger partial charge < -0.3 is 0 Å². The highest BCUT2D eigenvalue weighted by atomic mass is 15.7. The molecule has 0 radical (unpaired) electrons. The van der Waals surface area contributed by atoms with E-state index in [4.69, 9.17) is 20.4 Å². The lowest BCUT2D eigenvalue weighted by Crippen LogP contribution is -2.43. The fourth-order valence-electron chi connectivity index (χ4n) is 5.34. The van der Waals surface area contributed by atoms with E-state index in [1.54, 1.807) is 0 Å². The lowest BCUT2D eigenvalue weighted by atomic mass is 10.1. The normalized spacial score (nSPS) is 11.0. The number of hydrogen-bond acceptors (Lipinski definition) is 4. The Morgan fingerprint density at radius 2 is 0.652 bits per heavy atom. The Morgan fingerprint density at radius 3 is 1.00 bits per heavy atom. The van der Waals surface area contributed by atoms with Gasteiger partial charge in [0.15, 0.2) is 11.4 Å². The van der Waals surface area contributed by atoms with Gasteiger partial charge in [-0.15, -0.1) is 0 Å². The summed E-state index contributed by atoms with van der Waals surface area (Å²) in [5.74, 6) is 1.31. The maximum atomic E-state index is 4.88. The van der Waals surface area contributed by atoms with Gasteiger partial charge in [0.05, 0.1) is 21.3 Å². The van der Waals surface area contributed by atoms with Crippen LogP contribution in [0.2, 0.25) is 0 Å². The first-order valence-corrected chi connectivity index (χ1v) is 15.0. The van der Waals surface area contributed by atoms with Crippen molar-refractivity contribution in [3.05, 3.63) is 170 Å². The molecule has 0 bridgehead atoms. The summed E-state index contributed by atoms with van der Waals surface area (Å²) in [5.41, 5.74) is 7.74. The molecule has 0 unspecified atom stereocenters. The van der Waals surface area contributed by atoms with Crippen molar-refractivity contribution in [3.8, 4) is 56.7 Å². The lowest BCUT2D eigenvalue weighted by Gasteiger charge is -2.04. The van der Waals surface area contributed by atoms with Crippen LogP contribution in [0.4, 0.5) is 0 Å². The van der Waals surface area contributed by atoms with E-state index in [1.807, 2.05) is 141 Å². The predicted octanol–water partition coefficient (Wildman–Crippen LogP) is 6.40. The van der Waals surface area contributed by atoms with Crippen LogP contribution in [-0.2, 0) is 0 Å². The van der Waals surface area contributed by atoms with Crippen LogP contribution in [0.15, 0.2) is 170 Å². The largest absolute Gasteiger partial charge is 0.340 e. The van der Waals surface area contributed by atoms with E-state index in [9.17, 15) is 0 Å². The molecular formula is C38H28N8+2. The van der Waals surface area contributed by atoms with Crippen molar-refractivity contribution < 1.29 is 9.59 Å². The summed E-state index contributed by atoms with van der Waals surface area (Å²) in [4.78, 5) is 7.33. The Morgan fingerprint density at radius 1 is 0.326 bits per heavy atom. The molecule has 0 atom stereocenters. The molecule has 46 heavy (non-hydrogen) atoms. The average molecular weight is 597 g/mol. The van der Waals surface area contributed by atoms with Gasteiger partial charge in [-0.05, 0) is 128 Å². The van der Waals surface area contributed by atoms with Gasteiger partial charge in [-0.3, -0.25) is 0 Å². The molecule has 2 aromatic heterocycles. The molecule has 0 aliphatic rings. The molecule has 0 fully saturated rings. The van der Waals surface area contributed by atoms with Crippen molar-refractivity contribution in [2.75, 3.05) is 0 Å². The van der Waals surface area contributed by atoms with E-state index in [0.717, 1.165) is 45.0 Å². The van der Waals surface area contributed by atoms with Crippen molar-refractivity contribution in [3.63, 3.8) is 0 Å². The predicted molar refractivity (Wildman–Crippen MR) is 176 cm³/mol. The van der Waals surface area contributed by atoms with Crippen LogP contribution in [0.25, 0.3) is 56.7 Å². The second-order valence-electron chi connectivity index (χ2n) is 10.7. The quantitative estimate of drug-likeness (QED) is 0.200. The van der Waals surface area contributed by atoms with E-state index < -0.39 is 0 Å². The number of benzene rings is 6. The van der Waals surface area contributed by atoms with Gasteiger partial charge >= 0.3 is 11.6 Å². The van der Waals surface area contributed by atoms with Crippen LogP contribution in [0.5, 0.6) is 0 Å². The zero-order chi connectivity index (χ0) is 30.7. The summed E-state index contributed by atoms with van der Waals surface area (Å²) < 4.78 is 0. The first-order valence-electron chi connectivity index (χ1n) is 15.0. The smallest absolute Gasteiger partial charge is 0.0622 e. The minimum Gasteiger partial charge on any atom is -0.0622 e. The van der Waals surface area contributed by atoms with Crippen LogP contribution in [0.1, 0.15) is 0 Å². The SMILES string of the molecule is c1ccc(-c2nn(-c3ccccc3)[n+](-c3ccc(-c4ccc(-[n+]5nc(-c6ccccc6)nn5-c5ccccc5)cc4)cc3)n2)cc1. The van der Waals surface area contributed by atoms with E-state index >= 15 is 0 Å². The third-order valence-corrected chi connectivity index (χ3v) is 7.68. The van der Waals surface area contributed by atoms with Crippen LogP contribution >= 0.6 is 0 Å². The number of nitrogens with zero attached hydrogens (tertiary/aromatic N) is 8. The molecule has 8 heteroatoms. The van der Waals surface area contributed by atoms with Gasteiger partial charge in [0.2, 0.25) is 0 Å². The zero-order valence-electron chi connectivity index (χ0n) is 24.7. The van der Waals surface area contributed by atoms with Crippen molar-refractivity contribution in [1.82, 2.24) is 30.0 Å². The van der Waals surface area contributed by atoms with Crippen molar-refractivity contribution in [2.24, 2.45) is 0 Å². The molecule has 0 aliphatic heterocycles. The Labute approximate surface area is 265 Å². The summed E-state index contributed by atoms with van der Waals surface area (Å²) in [6.07, 6.45) is 0. The second kappa shape index (κ2) is 11.9. The zero-order valence-corrected chi connectivity index (χ0v) is 24.7. The van der Waals surface area contributed by atoms with Gasteiger partial charge in [-0.1, -0.05) is 72.8 Å². The van der Waals surface area contributed by atoms with Crippen LogP contribution in [-0.4, -0.2) is 30.0 Å². The van der Waals surface area contributed by atoms with Gasteiger partial charge in [-0.25, -0.2) is 0 Å². The van der Waals surface area contributed by atoms with Crippen LogP contribution in [0.3, 0.4) is 0 Å². The fraction of sp³-hybridized carbons (Fsp3) is 0. The third kappa shape index (κ3) is 5.24. The molecule has 0 amide bonds. The number of tetrazole rings is 2. The molecule has 6 aromatic carbocycles. The minimum atomic E-state index is 0.653. The summed E-state index contributed by atoms with van der Waals surface area (Å²) >= 11 is 0. The summed E-state index contributed by atoms with van der Waals surface area (Å²) in [5, 5.41) is 19.5. The molecule has 0 spiro atoms. The lowest BCUT2D eigenvalue weighted by molar-refractivity contribution is -0.734. The molecule has 0 aliphatic carbocycles. The van der Waals surface area contributed by atoms with Gasteiger partial charge in [0.1, 0.15) is 11.4 Å². The highest BCUT2D eigenvalue weighted by Crippen LogP contribution is 2.22. The first kappa shape index (κ1) is 27.0.